The molecule has 0 fully saturated rings. The van der Waals surface area contributed by atoms with Crippen molar-refractivity contribution in [2.24, 2.45) is 5.73 Å². The first kappa shape index (κ1) is 19.2. The molecule has 0 aromatic heterocycles. The van der Waals surface area contributed by atoms with Crippen molar-refractivity contribution in [1.82, 2.24) is 4.90 Å². The predicted octanol–water partition coefficient (Wildman–Crippen LogP) is 1.64. The molecular weight excluding hydrogens is 313 g/mol. The van der Waals surface area contributed by atoms with Crippen molar-refractivity contribution in [3.8, 4) is 5.75 Å². The Kier molecular flexibility index (Phi) is 7.31. The Morgan fingerprint density at radius 3 is 2.48 bits per heavy atom. The number of rotatable bonds is 8. The van der Waals surface area contributed by atoms with Crippen LogP contribution in [0.5, 0.6) is 5.75 Å². The fourth-order valence-corrected chi connectivity index (χ4v) is 1.85. The van der Waals surface area contributed by atoms with Crippen molar-refractivity contribution in [1.29, 1.82) is 0 Å². The molecule has 0 bridgehead atoms. The predicted molar refractivity (Wildman–Crippen MR) is 78.9 cm³/mol. The van der Waals surface area contributed by atoms with E-state index in [1.807, 2.05) is 0 Å². The molecule has 23 heavy (non-hydrogen) atoms. The van der Waals surface area contributed by atoms with Crippen LogP contribution in [0.25, 0.3) is 0 Å². The lowest BCUT2D eigenvalue weighted by atomic mass is 10.2. The van der Waals surface area contributed by atoms with Gasteiger partial charge in [0.05, 0.1) is 5.56 Å². The number of aliphatic hydroxyl groups is 1. The summed E-state index contributed by atoms with van der Waals surface area (Å²) in [6, 6.07) is 4.19. The van der Waals surface area contributed by atoms with Gasteiger partial charge >= 0.3 is 6.18 Å². The van der Waals surface area contributed by atoms with Crippen LogP contribution < -0.4 is 10.5 Å². The molecule has 0 aliphatic heterocycles. The highest BCUT2D eigenvalue weighted by molar-refractivity contribution is 5.75. The third-order valence-corrected chi connectivity index (χ3v) is 3.13. The molecule has 0 saturated carbocycles. The zero-order valence-corrected chi connectivity index (χ0v) is 12.8. The van der Waals surface area contributed by atoms with E-state index in [0.717, 1.165) is 12.1 Å². The number of ether oxygens (including phenoxy) is 1. The summed E-state index contributed by atoms with van der Waals surface area (Å²) < 4.78 is 42.5. The summed E-state index contributed by atoms with van der Waals surface area (Å²) in [5.74, 6) is 0.0817. The number of aliphatic hydroxyl groups excluding tert-OH is 1. The van der Waals surface area contributed by atoms with Gasteiger partial charge in [-0.3, -0.25) is 4.79 Å². The molecule has 1 unspecified atom stereocenters. The monoisotopic (exact) mass is 334 g/mol. The van der Waals surface area contributed by atoms with E-state index < -0.39 is 17.8 Å². The van der Waals surface area contributed by atoms with Gasteiger partial charge in [0.2, 0.25) is 5.91 Å². The molecule has 1 atom stereocenters. The van der Waals surface area contributed by atoms with E-state index in [9.17, 15) is 23.1 Å². The summed E-state index contributed by atoms with van der Waals surface area (Å²) in [7, 11) is 1.56. The summed E-state index contributed by atoms with van der Waals surface area (Å²) in [6.07, 6.45) is -4.46. The fraction of sp³-hybridized carbons (Fsp3) is 0.533. The maximum atomic E-state index is 12.4. The highest BCUT2D eigenvalue weighted by Crippen LogP contribution is 2.30. The number of likely N-dealkylation sites (N-methyl/N-ethyl adjacent to an activating group) is 1. The van der Waals surface area contributed by atoms with Crippen molar-refractivity contribution in [2.45, 2.75) is 25.1 Å². The summed E-state index contributed by atoms with van der Waals surface area (Å²) in [4.78, 5) is 13.0. The molecule has 1 rings (SSSR count). The summed E-state index contributed by atoms with van der Waals surface area (Å²) in [6.45, 7) is 0.364. The summed E-state index contributed by atoms with van der Waals surface area (Å²) >= 11 is 0. The largest absolute Gasteiger partial charge is 0.491 e. The Bertz CT molecular complexity index is 492. The second-order valence-electron chi connectivity index (χ2n) is 5.15. The molecule has 0 saturated heterocycles. The zero-order chi connectivity index (χ0) is 17.5. The minimum Gasteiger partial charge on any atom is -0.491 e. The van der Waals surface area contributed by atoms with E-state index >= 15 is 0 Å². The second kappa shape index (κ2) is 8.73. The van der Waals surface area contributed by atoms with Gasteiger partial charge in [-0.25, -0.2) is 0 Å². The van der Waals surface area contributed by atoms with Gasteiger partial charge in [0.1, 0.15) is 18.5 Å². The first-order chi connectivity index (χ1) is 10.7. The molecule has 0 heterocycles. The quantitative estimate of drug-likeness (QED) is 0.758. The number of carbonyl (C=O) groups excluding carboxylic acids is 1. The van der Waals surface area contributed by atoms with Crippen molar-refractivity contribution >= 4 is 5.91 Å². The van der Waals surface area contributed by atoms with Crippen LogP contribution in [0, 0.1) is 0 Å². The molecule has 3 N–H and O–H groups in total. The first-order valence-corrected chi connectivity index (χ1v) is 7.16. The van der Waals surface area contributed by atoms with Gasteiger partial charge in [-0.1, -0.05) is 0 Å². The number of alkyl halides is 3. The Hall–Kier alpha value is -1.80. The fourth-order valence-electron chi connectivity index (χ4n) is 1.85. The van der Waals surface area contributed by atoms with Crippen LogP contribution in [0.3, 0.4) is 0 Å². The minimum absolute atomic E-state index is 0.0735. The van der Waals surface area contributed by atoms with Crippen molar-refractivity contribution < 1.29 is 27.8 Å². The molecule has 0 spiro atoms. The molecule has 8 heteroatoms. The van der Waals surface area contributed by atoms with Crippen LogP contribution in [-0.2, 0) is 11.0 Å². The molecule has 5 nitrogen and oxygen atoms in total. The number of nitrogens with zero attached hydrogens (tertiary/aromatic N) is 1. The van der Waals surface area contributed by atoms with Crippen molar-refractivity contribution in [3.05, 3.63) is 29.8 Å². The molecule has 0 radical (unpaired) electrons. The molecule has 0 aliphatic rings. The number of amides is 1. The van der Waals surface area contributed by atoms with Crippen LogP contribution in [0.15, 0.2) is 24.3 Å². The Morgan fingerprint density at radius 2 is 1.96 bits per heavy atom. The number of hydrogen-bond donors (Lipinski definition) is 2. The standard InChI is InChI=1S/C15H21F3N2O3/c1-20(14(22)3-2-8-19)9-12(21)10-23-13-6-4-11(5-7-13)15(16,17)18/h4-7,12,21H,2-3,8-10,19H2,1H3. The topological polar surface area (TPSA) is 75.8 Å². The van der Waals surface area contributed by atoms with Gasteiger partial charge in [0.25, 0.3) is 0 Å². The number of hydrogen-bond acceptors (Lipinski definition) is 4. The van der Waals surface area contributed by atoms with E-state index in [4.69, 9.17) is 10.5 Å². The molecule has 0 aliphatic carbocycles. The number of halogens is 3. The van der Waals surface area contributed by atoms with Crippen molar-refractivity contribution in [2.75, 3.05) is 26.7 Å². The number of carbonyl (C=O) groups is 1. The Balaban J connectivity index is 2.41. The lowest BCUT2D eigenvalue weighted by Gasteiger charge is -2.21. The highest BCUT2D eigenvalue weighted by Gasteiger charge is 2.30. The van der Waals surface area contributed by atoms with Gasteiger partial charge in [-0.2, -0.15) is 13.2 Å². The van der Waals surface area contributed by atoms with Crippen molar-refractivity contribution in [3.63, 3.8) is 0 Å². The van der Waals surface area contributed by atoms with Crippen LogP contribution in [0.4, 0.5) is 13.2 Å². The SMILES string of the molecule is CN(CC(O)COc1ccc(C(F)(F)F)cc1)C(=O)CCCN. The van der Waals surface area contributed by atoms with Crippen LogP contribution in [-0.4, -0.2) is 48.8 Å². The third-order valence-electron chi connectivity index (χ3n) is 3.13. The van der Waals surface area contributed by atoms with E-state index in [1.54, 1.807) is 7.05 Å². The van der Waals surface area contributed by atoms with Gasteiger partial charge in [0.15, 0.2) is 0 Å². The Morgan fingerprint density at radius 1 is 1.35 bits per heavy atom. The number of benzene rings is 1. The average molecular weight is 334 g/mol. The van der Waals surface area contributed by atoms with Gasteiger partial charge < -0.3 is 20.5 Å². The maximum Gasteiger partial charge on any atom is 0.416 e. The smallest absolute Gasteiger partial charge is 0.416 e. The average Bonchev–Trinajstić information content (AvgIpc) is 2.50. The third kappa shape index (κ3) is 6.87. The Labute approximate surface area is 132 Å². The highest BCUT2D eigenvalue weighted by atomic mass is 19.4. The van der Waals surface area contributed by atoms with Crippen LogP contribution in [0.2, 0.25) is 0 Å². The van der Waals surface area contributed by atoms with E-state index in [-0.39, 0.29) is 24.8 Å². The normalized spacial score (nSPS) is 12.8. The molecule has 1 aromatic carbocycles. The second-order valence-corrected chi connectivity index (χ2v) is 5.15. The van der Waals surface area contributed by atoms with Crippen LogP contribution >= 0.6 is 0 Å². The van der Waals surface area contributed by atoms with Crippen LogP contribution in [0.1, 0.15) is 18.4 Å². The van der Waals surface area contributed by atoms with E-state index in [2.05, 4.69) is 0 Å². The first-order valence-electron chi connectivity index (χ1n) is 7.16. The molecule has 1 aromatic rings. The van der Waals surface area contributed by atoms with E-state index in [1.165, 1.54) is 17.0 Å². The zero-order valence-electron chi connectivity index (χ0n) is 12.8. The summed E-state index contributed by atoms with van der Waals surface area (Å²) in [5.41, 5.74) is 4.55. The molecular formula is C15H21F3N2O3. The molecule has 1 amide bonds. The lowest BCUT2D eigenvalue weighted by molar-refractivity contribution is -0.137. The molecule has 130 valence electrons. The number of nitrogens with two attached hydrogens (primary N) is 1. The lowest BCUT2D eigenvalue weighted by Crippen LogP contribution is -2.37. The van der Waals surface area contributed by atoms with Gasteiger partial charge in [-0.15, -0.1) is 0 Å². The maximum absolute atomic E-state index is 12.4. The van der Waals surface area contributed by atoms with Gasteiger partial charge in [0, 0.05) is 20.0 Å². The minimum atomic E-state index is -4.40. The van der Waals surface area contributed by atoms with E-state index in [0.29, 0.717) is 19.4 Å². The summed E-state index contributed by atoms with van der Waals surface area (Å²) in [5, 5.41) is 9.82. The van der Waals surface area contributed by atoms with Gasteiger partial charge in [-0.05, 0) is 37.2 Å².